The summed E-state index contributed by atoms with van der Waals surface area (Å²) in [5, 5.41) is 15.6. The zero-order valence-corrected chi connectivity index (χ0v) is 13.1. The fourth-order valence-corrected chi connectivity index (χ4v) is 1.14. The number of amides is 1. The second kappa shape index (κ2) is 7.67. The molecule has 0 saturated carbocycles. The molecule has 1 rings (SSSR count). The molecule has 0 unspecified atom stereocenters. The van der Waals surface area contributed by atoms with E-state index >= 15 is 0 Å². The zero-order valence-electron chi connectivity index (χ0n) is 13.1. The molecule has 0 bridgehead atoms. The van der Waals surface area contributed by atoms with Crippen LogP contribution in [0.5, 0.6) is 5.75 Å². The fourth-order valence-electron chi connectivity index (χ4n) is 1.14. The molecule has 0 fully saturated rings. The van der Waals surface area contributed by atoms with Crippen LogP contribution in [0.2, 0.25) is 0 Å². The first-order valence-electron chi connectivity index (χ1n) is 6.71. The van der Waals surface area contributed by atoms with Gasteiger partial charge >= 0.3 is 0 Å². The van der Waals surface area contributed by atoms with Crippen molar-refractivity contribution in [1.29, 1.82) is 0 Å². The van der Waals surface area contributed by atoms with Gasteiger partial charge in [-0.15, -0.1) is 0 Å². The Hall–Kier alpha value is -1.85. The fraction of sp³-hybridized carbons (Fsp3) is 0.643. The van der Waals surface area contributed by atoms with E-state index in [2.05, 4.69) is 24.3 Å². The molecule has 1 aromatic rings. The molecule has 0 aromatic carbocycles. The Morgan fingerprint density at radius 1 is 1.35 bits per heavy atom. The number of rotatable bonds is 2. The molecule has 6 nitrogen and oxygen atoms in total. The second-order valence-corrected chi connectivity index (χ2v) is 5.57. The lowest BCUT2D eigenvalue weighted by atomic mass is 10.1. The van der Waals surface area contributed by atoms with Crippen LogP contribution in [-0.4, -0.2) is 26.3 Å². The Morgan fingerprint density at radius 2 is 1.85 bits per heavy atom. The maximum atomic E-state index is 11.7. The van der Waals surface area contributed by atoms with E-state index in [4.69, 9.17) is 0 Å². The molecule has 2 N–H and O–H groups in total. The first-order valence-corrected chi connectivity index (χ1v) is 6.71. The average Bonchev–Trinajstić information content (AvgIpc) is 2.31. The van der Waals surface area contributed by atoms with Crippen LogP contribution in [0.25, 0.3) is 0 Å². The van der Waals surface area contributed by atoms with Gasteiger partial charge in [0.1, 0.15) is 0 Å². The van der Waals surface area contributed by atoms with E-state index in [1.807, 2.05) is 0 Å². The minimum Gasteiger partial charge on any atom is -0.503 e. The van der Waals surface area contributed by atoms with Crippen molar-refractivity contribution in [3.8, 4) is 5.75 Å². The zero-order chi connectivity index (χ0) is 15.9. The quantitative estimate of drug-likeness (QED) is 0.867. The summed E-state index contributed by atoms with van der Waals surface area (Å²) in [4.78, 5) is 23.1. The van der Waals surface area contributed by atoms with Gasteiger partial charge in [0.25, 0.3) is 11.3 Å². The standard InChI is InChI=1S/C10H15N3O3.C4H10/c1-10(2,3)11-9(16)7-8(15)6(14)5-13(4)12-7;1-3-4-2/h5,14H,1-4H3,(H,11,16);3-4H2,1-2H3. The molecule has 0 spiro atoms. The van der Waals surface area contributed by atoms with Crippen LogP contribution in [0.1, 0.15) is 57.9 Å². The largest absolute Gasteiger partial charge is 0.503 e. The van der Waals surface area contributed by atoms with Crippen LogP contribution < -0.4 is 10.7 Å². The van der Waals surface area contributed by atoms with E-state index in [0.29, 0.717) is 0 Å². The number of hydrogen-bond donors (Lipinski definition) is 2. The second-order valence-electron chi connectivity index (χ2n) is 5.57. The van der Waals surface area contributed by atoms with Crippen molar-refractivity contribution in [3.05, 3.63) is 22.1 Å². The van der Waals surface area contributed by atoms with Crippen LogP contribution in [0, 0.1) is 0 Å². The van der Waals surface area contributed by atoms with Gasteiger partial charge in [0.05, 0.1) is 6.20 Å². The molecule has 114 valence electrons. The predicted molar refractivity (Wildman–Crippen MR) is 78.9 cm³/mol. The summed E-state index contributed by atoms with van der Waals surface area (Å²) in [7, 11) is 1.52. The van der Waals surface area contributed by atoms with Crippen LogP contribution >= 0.6 is 0 Å². The Balaban J connectivity index is 0.000000796. The third-order valence-corrected chi connectivity index (χ3v) is 2.22. The normalized spacial score (nSPS) is 10.5. The Kier molecular flexibility index (Phi) is 6.96. The molecule has 0 atom stereocenters. The number of aromatic nitrogens is 2. The lowest BCUT2D eigenvalue weighted by Gasteiger charge is -2.19. The molecule has 1 aromatic heterocycles. The van der Waals surface area contributed by atoms with E-state index in [1.54, 1.807) is 20.8 Å². The number of nitrogens with zero attached hydrogens (tertiary/aromatic N) is 2. The molecule has 20 heavy (non-hydrogen) atoms. The van der Waals surface area contributed by atoms with Crippen molar-refractivity contribution in [2.45, 2.75) is 53.0 Å². The Bertz CT molecular complexity index is 499. The van der Waals surface area contributed by atoms with E-state index in [9.17, 15) is 14.7 Å². The minimum atomic E-state index is -0.764. The van der Waals surface area contributed by atoms with E-state index in [0.717, 1.165) is 6.20 Å². The molecule has 0 saturated heterocycles. The van der Waals surface area contributed by atoms with Gasteiger partial charge in [-0.3, -0.25) is 14.3 Å². The highest BCUT2D eigenvalue weighted by atomic mass is 16.3. The SMILES string of the molecule is CCCC.Cn1cc(O)c(=O)c(C(=O)NC(C)(C)C)n1. The highest BCUT2D eigenvalue weighted by Gasteiger charge is 2.20. The molecule has 0 aliphatic rings. The summed E-state index contributed by atoms with van der Waals surface area (Å²) >= 11 is 0. The molecular weight excluding hydrogens is 258 g/mol. The van der Waals surface area contributed by atoms with Crippen molar-refractivity contribution in [1.82, 2.24) is 15.1 Å². The van der Waals surface area contributed by atoms with Crippen molar-refractivity contribution in [3.63, 3.8) is 0 Å². The summed E-state index contributed by atoms with van der Waals surface area (Å²) in [6.45, 7) is 9.73. The van der Waals surface area contributed by atoms with Crippen molar-refractivity contribution >= 4 is 5.91 Å². The van der Waals surface area contributed by atoms with Gasteiger partial charge in [-0.1, -0.05) is 26.7 Å². The van der Waals surface area contributed by atoms with Crippen molar-refractivity contribution < 1.29 is 9.90 Å². The summed E-state index contributed by atoms with van der Waals surface area (Å²) < 4.78 is 1.22. The number of aryl methyl sites for hydroxylation is 1. The van der Waals surface area contributed by atoms with Gasteiger partial charge in [-0.2, -0.15) is 5.10 Å². The van der Waals surface area contributed by atoms with Gasteiger partial charge in [0.2, 0.25) is 0 Å². The minimum absolute atomic E-state index is 0.308. The predicted octanol–water partition coefficient (Wildman–Crippen LogP) is 1.82. The Morgan fingerprint density at radius 3 is 2.25 bits per heavy atom. The first kappa shape index (κ1) is 18.1. The molecular formula is C14H25N3O3. The summed E-state index contributed by atoms with van der Waals surface area (Å²) in [5.74, 6) is -1.08. The number of carbonyl (C=O) groups is 1. The summed E-state index contributed by atoms with van der Waals surface area (Å²) in [6.07, 6.45) is 3.79. The number of unbranched alkanes of at least 4 members (excludes halogenated alkanes) is 1. The smallest absolute Gasteiger partial charge is 0.276 e. The summed E-state index contributed by atoms with van der Waals surface area (Å²) in [6, 6.07) is 0. The maximum Gasteiger partial charge on any atom is 0.276 e. The number of nitrogens with one attached hydrogen (secondary N) is 1. The van der Waals surface area contributed by atoms with Crippen LogP contribution in [0.3, 0.4) is 0 Å². The number of aromatic hydroxyl groups is 1. The highest BCUT2D eigenvalue weighted by molar-refractivity contribution is 5.92. The summed E-state index contributed by atoms with van der Waals surface area (Å²) in [5.41, 5.74) is -1.54. The first-order chi connectivity index (χ1) is 9.12. The molecule has 0 aliphatic carbocycles. The van der Waals surface area contributed by atoms with Crippen molar-refractivity contribution in [2.75, 3.05) is 0 Å². The maximum absolute atomic E-state index is 11.7. The van der Waals surface area contributed by atoms with Gasteiger partial charge in [-0.25, -0.2) is 0 Å². The lowest BCUT2D eigenvalue weighted by molar-refractivity contribution is 0.0910. The third-order valence-electron chi connectivity index (χ3n) is 2.22. The molecule has 1 amide bonds. The number of carbonyl (C=O) groups excluding carboxylic acids is 1. The van der Waals surface area contributed by atoms with Gasteiger partial charge in [-0.05, 0) is 20.8 Å². The van der Waals surface area contributed by atoms with E-state index in [1.165, 1.54) is 24.6 Å². The van der Waals surface area contributed by atoms with Crippen molar-refractivity contribution in [2.24, 2.45) is 7.05 Å². The topological polar surface area (TPSA) is 84.2 Å². The highest BCUT2D eigenvalue weighted by Crippen LogP contribution is 2.03. The monoisotopic (exact) mass is 283 g/mol. The van der Waals surface area contributed by atoms with Crippen LogP contribution in [0.4, 0.5) is 0 Å². The van der Waals surface area contributed by atoms with Crippen LogP contribution in [0.15, 0.2) is 11.0 Å². The van der Waals surface area contributed by atoms with Gasteiger partial charge < -0.3 is 10.4 Å². The lowest BCUT2D eigenvalue weighted by Crippen LogP contribution is -2.43. The van der Waals surface area contributed by atoms with Gasteiger partial charge in [0, 0.05) is 12.6 Å². The van der Waals surface area contributed by atoms with E-state index in [-0.39, 0.29) is 5.69 Å². The van der Waals surface area contributed by atoms with E-state index < -0.39 is 22.6 Å². The Labute approximate surface area is 119 Å². The third kappa shape index (κ3) is 6.36. The molecule has 1 heterocycles. The molecule has 0 aliphatic heterocycles. The average molecular weight is 283 g/mol. The van der Waals surface area contributed by atoms with Gasteiger partial charge in [0.15, 0.2) is 11.4 Å². The molecule has 6 heteroatoms. The molecule has 0 radical (unpaired) electrons. The van der Waals surface area contributed by atoms with Crippen LogP contribution in [-0.2, 0) is 7.05 Å². The number of hydrogen-bond acceptors (Lipinski definition) is 4.